The number of rotatable bonds is 5. The van der Waals surface area contributed by atoms with Crippen molar-refractivity contribution < 1.29 is 14.3 Å². The van der Waals surface area contributed by atoms with Gasteiger partial charge in [0.15, 0.2) is 5.78 Å². The Balaban J connectivity index is 2.40. The van der Waals surface area contributed by atoms with Crippen molar-refractivity contribution in [1.29, 1.82) is 0 Å². The first-order valence-electron chi connectivity index (χ1n) is 6.68. The van der Waals surface area contributed by atoms with Gasteiger partial charge in [-0.15, -0.1) is 11.3 Å². The molecule has 1 heterocycles. The lowest BCUT2D eigenvalue weighted by atomic mass is 10.1. The fraction of sp³-hybridized carbons (Fsp3) is 0.571. The molecule has 0 saturated heterocycles. The van der Waals surface area contributed by atoms with E-state index < -0.39 is 5.97 Å². The number of nitrogen functional groups attached to an aromatic ring is 1. The third-order valence-electron chi connectivity index (χ3n) is 3.51. The van der Waals surface area contributed by atoms with Crippen molar-refractivity contribution in [2.45, 2.75) is 33.2 Å². The van der Waals surface area contributed by atoms with E-state index in [1.807, 2.05) is 13.8 Å². The van der Waals surface area contributed by atoms with Crippen LogP contribution in [0.25, 0.3) is 0 Å². The van der Waals surface area contributed by atoms with Gasteiger partial charge in [0.05, 0.1) is 17.7 Å². The number of ketones is 1. The van der Waals surface area contributed by atoms with E-state index in [-0.39, 0.29) is 17.4 Å². The molecule has 0 bridgehead atoms. The molecule has 1 aliphatic carbocycles. The molecule has 0 spiro atoms. The minimum Gasteiger partial charge on any atom is -0.465 e. The van der Waals surface area contributed by atoms with Crippen molar-refractivity contribution in [3.8, 4) is 0 Å². The van der Waals surface area contributed by atoms with E-state index in [4.69, 9.17) is 10.5 Å². The Labute approximate surface area is 122 Å². The summed E-state index contributed by atoms with van der Waals surface area (Å²) in [7, 11) is 1.31. The second-order valence-corrected chi connectivity index (χ2v) is 6.54. The van der Waals surface area contributed by atoms with E-state index >= 15 is 0 Å². The fourth-order valence-corrected chi connectivity index (χ4v) is 3.25. The van der Waals surface area contributed by atoms with Crippen molar-refractivity contribution >= 4 is 33.8 Å². The molecule has 1 fully saturated rings. The third-order valence-corrected chi connectivity index (χ3v) is 4.66. The second kappa shape index (κ2) is 5.44. The first-order chi connectivity index (χ1) is 9.36. The zero-order valence-electron chi connectivity index (χ0n) is 12.1. The predicted molar refractivity (Wildman–Crippen MR) is 80.4 cm³/mol. The van der Waals surface area contributed by atoms with Crippen LogP contribution in [0.3, 0.4) is 0 Å². The number of esters is 1. The Morgan fingerprint density at radius 3 is 2.50 bits per heavy atom. The summed E-state index contributed by atoms with van der Waals surface area (Å²) in [5, 5.41) is 3.94. The average molecular weight is 296 g/mol. The van der Waals surface area contributed by atoms with Crippen LogP contribution in [0.4, 0.5) is 10.7 Å². The van der Waals surface area contributed by atoms with Gasteiger partial charge >= 0.3 is 5.97 Å². The number of carbonyl (C=O) groups excluding carboxylic acids is 2. The van der Waals surface area contributed by atoms with Gasteiger partial charge < -0.3 is 15.8 Å². The van der Waals surface area contributed by atoms with Gasteiger partial charge in [0.25, 0.3) is 0 Å². The van der Waals surface area contributed by atoms with Crippen LogP contribution in [0.15, 0.2) is 0 Å². The SMILES string of the molecule is COC(=O)c1c(NC2CC2C)sc(C(=O)C(C)C)c1N. The third kappa shape index (κ3) is 2.65. The smallest absolute Gasteiger partial charge is 0.343 e. The van der Waals surface area contributed by atoms with Crippen LogP contribution < -0.4 is 11.1 Å². The highest BCUT2D eigenvalue weighted by atomic mass is 32.1. The summed E-state index contributed by atoms with van der Waals surface area (Å²) in [6.07, 6.45) is 1.06. The maximum absolute atomic E-state index is 12.2. The van der Waals surface area contributed by atoms with Gasteiger partial charge in [-0.3, -0.25) is 4.79 Å². The molecule has 0 radical (unpaired) electrons. The standard InChI is InChI=1S/C14H20N2O3S/c1-6(2)11(17)12-10(15)9(14(18)19-4)13(20-12)16-8-5-7(8)3/h6-8,16H,5,15H2,1-4H3. The molecule has 2 unspecified atom stereocenters. The zero-order chi connectivity index (χ0) is 15.0. The fourth-order valence-electron chi connectivity index (χ4n) is 1.99. The van der Waals surface area contributed by atoms with Gasteiger partial charge in [0, 0.05) is 12.0 Å². The van der Waals surface area contributed by atoms with Gasteiger partial charge in [-0.05, 0) is 12.3 Å². The average Bonchev–Trinajstić information content (AvgIpc) is 2.98. The van der Waals surface area contributed by atoms with Crippen molar-refractivity contribution in [2.24, 2.45) is 11.8 Å². The normalized spacial score (nSPS) is 20.9. The maximum Gasteiger partial charge on any atom is 0.343 e. The molecule has 110 valence electrons. The molecule has 0 amide bonds. The highest BCUT2D eigenvalue weighted by molar-refractivity contribution is 7.19. The summed E-state index contributed by atoms with van der Waals surface area (Å²) in [6, 6.07) is 0.346. The molecule has 2 rings (SSSR count). The van der Waals surface area contributed by atoms with E-state index in [0.29, 0.717) is 27.4 Å². The number of ether oxygens (including phenoxy) is 1. The molecule has 6 heteroatoms. The Hall–Kier alpha value is -1.56. The number of hydrogen-bond acceptors (Lipinski definition) is 6. The molecule has 2 atom stereocenters. The molecule has 3 N–H and O–H groups in total. The topological polar surface area (TPSA) is 81.4 Å². The summed E-state index contributed by atoms with van der Waals surface area (Å²) >= 11 is 1.25. The molecule has 1 saturated carbocycles. The summed E-state index contributed by atoms with van der Waals surface area (Å²) in [5.41, 5.74) is 6.52. The molecule has 5 nitrogen and oxygen atoms in total. The summed E-state index contributed by atoms with van der Waals surface area (Å²) in [5.74, 6) is -0.130. The molecule has 20 heavy (non-hydrogen) atoms. The Morgan fingerprint density at radius 2 is 2.05 bits per heavy atom. The Bertz CT molecular complexity index is 551. The van der Waals surface area contributed by atoms with Crippen molar-refractivity contribution in [3.05, 3.63) is 10.4 Å². The predicted octanol–water partition coefficient (Wildman–Crippen LogP) is 2.78. The first kappa shape index (κ1) is 14.8. The number of nitrogens with one attached hydrogen (secondary N) is 1. The minimum atomic E-state index is -0.502. The lowest BCUT2D eigenvalue weighted by Crippen LogP contribution is -2.11. The lowest BCUT2D eigenvalue weighted by molar-refractivity contribution is 0.0603. The first-order valence-corrected chi connectivity index (χ1v) is 7.49. The van der Waals surface area contributed by atoms with E-state index in [1.54, 1.807) is 0 Å². The van der Waals surface area contributed by atoms with Crippen molar-refractivity contribution in [3.63, 3.8) is 0 Å². The minimum absolute atomic E-state index is 0.0467. The quantitative estimate of drug-likeness (QED) is 0.645. The molecule has 1 aromatic rings. The Kier molecular flexibility index (Phi) is 4.04. The maximum atomic E-state index is 12.2. The monoisotopic (exact) mass is 296 g/mol. The van der Waals surface area contributed by atoms with Crippen LogP contribution in [-0.2, 0) is 4.74 Å². The van der Waals surface area contributed by atoms with Crippen LogP contribution in [-0.4, -0.2) is 24.9 Å². The number of hydrogen-bond donors (Lipinski definition) is 2. The van der Waals surface area contributed by atoms with E-state index in [1.165, 1.54) is 18.4 Å². The molecule has 1 aliphatic rings. The largest absolute Gasteiger partial charge is 0.465 e. The number of methoxy groups -OCH3 is 1. The summed E-state index contributed by atoms with van der Waals surface area (Å²) in [4.78, 5) is 24.5. The van der Waals surface area contributed by atoms with Crippen molar-refractivity contribution in [2.75, 3.05) is 18.2 Å². The van der Waals surface area contributed by atoms with Gasteiger partial charge in [0.1, 0.15) is 10.6 Å². The number of Topliss-reactive ketones (excluding diaryl/α,β-unsaturated/α-hetero) is 1. The number of nitrogens with two attached hydrogens (primary N) is 1. The van der Waals surface area contributed by atoms with Crippen LogP contribution >= 0.6 is 11.3 Å². The Morgan fingerprint density at radius 1 is 1.45 bits per heavy atom. The molecular formula is C14H20N2O3S. The number of anilines is 2. The summed E-state index contributed by atoms with van der Waals surface area (Å²) < 4.78 is 4.78. The highest BCUT2D eigenvalue weighted by Crippen LogP contribution is 2.41. The van der Waals surface area contributed by atoms with Gasteiger partial charge in [-0.25, -0.2) is 4.79 Å². The highest BCUT2D eigenvalue weighted by Gasteiger charge is 2.35. The van der Waals surface area contributed by atoms with Gasteiger partial charge in [-0.1, -0.05) is 20.8 Å². The molecule has 1 aromatic heterocycles. The van der Waals surface area contributed by atoms with Crippen molar-refractivity contribution in [1.82, 2.24) is 0 Å². The van der Waals surface area contributed by atoms with E-state index in [2.05, 4.69) is 12.2 Å². The molecule has 0 aromatic carbocycles. The number of carbonyl (C=O) groups is 2. The van der Waals surface area contributed by atoms with E-state index in [9.17, 15) is 9.59 Å². The zero-order valence-corrected chi connectivity index (χ0v) is 13.0. The van der Waals surface area contributed by atoms with Crippen LogP contribution in [0.2, 0.25) is 0 Å². The number of thiophene rings is 1. The second-order valence-electron chi connectivity index (χ2n) is 5.52. The van der Waals surface area contributed by atoms with Gasteiger partial charge in [-0.2, -0.15) is 0 Å². The van der Waals surface area contributed by atoms with E-state index in [0.717, 1.165) is 6.42 Å². The van der Waals surface area contributed by atoms with Crippen LogP contribution in [0, 0.1) is 11.8 Å². The van der Waals surface area contributed by atoms with Crippen LogP contribution in [0.5, 0.6) is 0 Å². The van der Waals surface area contributed by atoms with Gasteiger partial charge in [0.2, 0.25) is 0 Å². The summed E-state index contributed by atoms with van der Waals surface area (Å²) in [6.45, 7) is 5.76. The lowest BCUT2D eigenvalue weighted by Gasteiger charge is -2.05. The molecule has 0 aliphatic heterocycles. The van der Waals surface area contributed by atoms with Crippen LogP contribution in [0.1, 0.15) is 47.2 Å². The molecular weight excluding hydrogens is 276 g/mol.